The van der Waals surface area contributed by atoms with Gasteiger partial charge in [-0.2, -0.15) is 0 Å². The molecule has 21 heavy (non-hydrogen) atoms. The number of methoxy groups -OCH3 is 1. The van der Waals surface area contributed by atoms with E-state index in [1.165, 1.54) is 12.8 Å². The summed E-state index contributed by atoms with van der Waals surface area (Å²) in [7, 11) is 1.71. The van der Waals surface area contributed by atoms with Crippen LogP contribution in [0.25, 0.3) is 0 Å². The summed E-state index contributed by atoms with van der Waals surface area (Å²) in [6, 6.07) is 0. The molecule has 4 heteroatoms. The molecule has 0 heterocycles. The molecule has 0 aliphatic heterocycles. The van der Waals surface area contributed by atoms with E-state index in [4.69, 9.17) is 19.9 Å². The largest absolute Gasteiger partial charge is 0.385 e. The van der Waals surface area contributed by atoms with Crippen molar-refractivity contribution in [2.24, 2.45) is 17.1 Å². The van der Waals surface area contributed by atoms with Crippen molar-refractivity contribution in [3.63, 3.8) is 0 Å². The lowest BCUT2D eigenvalue weighted by molar-refractivity contribution is -0.0953. The smallest absolute Gasteiger partial charge is 0.0805 e. The number of nitrogens with two attached hydrogens (primary N) is 1. The molecule has 0 aromatic carbocycles. The lowest BCUT2D eigenvalue weighted by Gasteiger charge is -2.43. The topological polar surface area (TPSA) is 53.7 Å². The quantitative estimate of drug-likeness (QED) is 0.665. The van der Waals surface area contributed by atoms with E-state index in [-0.39, 0.29) is 5.60 Å². The predicted molar refractivity (Wildman–Crippen MR) is 86.5 cm³/mol. The third-order valence-electron chi connectivity index (χ3n) is 4.77. The van der Waals surface area contributed by atoms with Crippen LogP contribution in [0, 0.1) is 11.3 Å². The molecule has 1 rings (SSSR count). The molecular formula is C17H35NO3. The SMILES string of the molecule is COCCCOCCOC1(CN)CCC(C(C)(C)C)CC1. The Bertz CT molecular complexity index is 268. The highest BCUT2D eigenvalue weighted by Crippen LogP contribution is 2.42. The number of hydrogen-bond acceptors (Lipinski definition) is 4. The van der Waals surface area contributed by atoms with Gasteiger partial charge in [-0.25, -0.2) is 0 Å². The van der Waals surface area contributed by atoms with Crippen molar-refractivity contribution in [3.8, 4) is 0 Å². The van der Waals surface area contributed by atoms with Gasteiger partial charge in [0.1, 0.15) is 0 Å². The molecule has 0 atom stereocenters. The van der Waals surface area contributed by atoms with Crippen LogP contribution in [0.1, 0.15) is 52.9 Å². The van der Waals surface area contributed by atoms with Gasteiger partial charge in [0, 0.05) is 26.9 Å². The van der Waals surface area contributed by atoms with Crippen molar-refractivity contribution in [3.05, 3.63) is 0 Å². The van der Waals surface area contributed by atoms with Gasteiger partial charge >= 0.3 is 0 Å². The second-order valence-corrected chi connectivity index (χ2v) is 7.33. The van der Waals surface area contributed by atoms with Crippen molar-refractivity contribution in [2.45, 2.75) is 58.5 Å². The zero-order chi connectivity index (χ0) is 15.8. The van der Waals surface area contributed by atoms with E-state index in [9.17, 15) is 0 Å². The van der Waals surface area contributed by atoms with Crippen LogP contribution < -0.4 is 5.73 Å². The normalized spacial score (nSPS) is 27.0. The van der Waals surface area contributed by atoms with Gasteiger partial charge < -0.3 is 19.9 Å². The van der Waals surface area contributed by atoms with Crippen LogP contribution >= 0.6 is 0 Å². The van der Waals surface area contributed by atoms with Crippen LogP contribution in [-0.2, 0) is 14.2 Å². The first-order valence-corrected chi connectivity index (χ1v) is 8.34. The fraction of sp³-hybridized carbons (Fsp3) is 1.00. The average Bonchev–Trinajstić information content (AvgIpc) is 2.46. The Hall–Kier alpha value is -0.160. The maximum absolute atomic E-state index is 6.11. The van der Waals surface area contributed by atoms with Crippen molar-refractivity contribution < 1.29 is 14.2 Å². The molecule has 0 unspecified atom stereocenters. The van der Waals surface area contributed by atoms with Crippen molar-refractivity contribution >= 4 is 0 Å². The van der Waals surface area contributed by atoms with Crippen LogP contribution in [-0.4, -0.2) is 45.7 Å². The molecule has 1 aliphatic carbocycles. The molecule has 2 N–H and O–H groups in total. The molecule has 4 nitrogen and oxygen atoms in total. The van der Waals surface area contributed by atoms with Gasteiger partial charge in [0.15, 0.2) is 0 Å². The molecule has 0 radical (unpaired) electrons. The Morgan fingerprint density at radius 1 is 1.05 bits per heavy atom. The molecular weight excluding hydrogens is 266 g/mol. The predicted octanol–water partition coefficient (Wildman–Crippen LogP) is 2.99. The zero-order valence-corrected chi connectivity index (χ0v) is 14.5. The average molecular weight is 301 g/mol. The Labute approximate surface area is 130 Å². The minimum absolute atomic E-state index is 0.113. The van der Waals surface area contributed by atoms with Crippen LogP contribution in [0.4, 0.5) is 0 Å². The van der Waals surface area contributed by atoms with E-state index in [1.807, 2.05) is 0 Å². The van der Waals surface area contributed by atoms with Crippen LogP contribution in [0.2, 0.25) is 0 Å². The van der Waals surface area contributed by atoms with Gasteiger partial charge in [-0.1, -0.05) is 20.8 Å². The van der Waals surface area contributed by atoms with Gasteiger partial charge in [-0.3, -0.25) is 0 Å². The lowest BCUT2D eigenvalue weighted by Crippen LogP contribution is -2.46. The molecule has 1 saturated carbocycles. The first kappa shape index (κ1) is 18.9. The monoisotopic (exact) mass is 301 g/mol. The van der Waals surface area contributed by atoms with Crippen molar-refractivity contribution in [2.75, 3.05) is 40.1 Å². The van der Waals surface area contributed by atoms with Crippen LogP contribution in [0.15, 0.2) is 0 Å². The number of hydrogen-bond donors (Lipinski definition) is 1. The minimum Gasteiger partial charge on any atom is -0.385 e. The summed E-state index contributed by atoms with van der Waals surface area (Å²) >= 11 is 0. The fourth-order valence-electron chi connectivity index (χ4n) is 3.14. The van der Waals surface area contributed by atoms with Gasteiger partial charge in [-0.05, 0) is 43.4 Å². The van der Waals surface area contributed by atoms with E-state index in [0.717, 1.165) is 38.4 Å². The van der Waals surface area contributed by atoms with E-state index < -0.39 is 0 Å². The molecule has 0 spiro atoms. The summed E-state index contributed by atoms with van der Waals surface area (Å²) in [6.07, 6.45) is 5.53. The highest BCUT2D eigenvalue weighted by atomic mass is 16.5. The van der Waals surface area contributed by atoms with E-state index in [0.29, 0.717) is 25.2 Å². The second-order valence-electron chi connectivity index (χ2n) is 7.33. The molecule has 0 aromatic heterocycles. The van der Waals surface area contributed by atoms with Gasteiger partial charge in [-0.15, -0.1) is 0 Å². The second kappa shape index (κ2) is 9.09. The summed E-state index contributed by atoms with van der Waals surface area (Å²) in [4.78, 5) is 0. The summed E-state index contributed by atoms with van der Waals surface area (Å²) in [5, 5.41) is 0. The van der Waals surface area contributed by atoms with Crippen molar-refractivity contribution in [1.82, 2.24) is 0 Å². The molecule has 0 amide bonds. The van der Waals surface area contributed by atoms with Gasteiger partial charge in [0.2, 0.25) is 0 Å². The Kier molecular flexibility index (Phi) is 8.17. The first-order chi connectivity index (χ1) is 9.93. The summed E-state index contributed by atoms with van der Waals surface area (Å²) in [5.41, 5.74) is 6.27. The van der Waals surface area contributed by atoms with Gasteiger partial charge in [0.25, 0.3) is 0 Å². The molecule has 0 bridgehead atoms. The molecule has 0 saturated heterocycles. The van der Waals surface area contributed by atoms with Crippen LogP contribution in [0.5, 0.6) is 0 Å². The Balaban J connectivity index is 2.22. The van der Waals surface area contributed by atoms with Gasteiger partial charge in [0.05, 0.1) is 18.8 Å². The van der Waals surface area contributed by atoms with Crippen molar-refractivity contribution in [1.29, 1.82) is 0 Å². The van der Waals surface area contributed by atoms with E-state index >= 15 is 0 Å². The van der Waals surface area contributed by atoms with E-state index in [2.05, 4.69) is 20.8 Å². The Morgan fingerprint density at radius 2 is 1.71 bits per heavy atom. The standard InChI is InChI=1S/C17H35NO3/c1-16(2,3)15-6-8-17(14-18,9-7-15)21-13-12-20-11-5-10-19-4/h15H,5-14,18H2,1-4H3. The van der Waals surface area contributed by atoms with Crippen LogP contribution in [0.3, 0.4) is 0 Å². The number of rotatable bonds is 9. The highest BCUT2D eigenvalue weighted by Gasteiger charge is 2.38. The third kappa shape index (κ3) is 6.64. The molecule has 1 fully saturated rings. The Morgan fingerprint density at radius 3 is 2.24 bits per heavy atom. The summed E-state index contributed by atoms with van der Waals surface area (Å²) in [5.74, 6) is 0.783. The first-order valence-electron chi connectivity index (χ1n) is 8.34. The number of ether oxygens (including phenoxy) is 3. The molecule has 126 valence electrons. The van der Waals surface area contributed by atoms with E-state index in [1.54, 1.807) is 7.11 Å². The minimum atomic E-state index is -0.113. The molecule has 0 aromatic rings. The fourth-order valence-corrected chi connectivity index (χ4v) is 3.14. The summed E-state index contributed by atoms with van der Waals surface area (Å²) < 4.78 is 16.6. The maximum Gasteiger partial charge on any atom is 0.0805 e. The summed E-state index contributed by atoms with van der Waals surface area (Å²) in [6.45, 7) is 10.4. The molecule has 1 aliphatic rings. The highest BCUT2D eigenvalue weighted by molar-refractivity contribution is 4.91. The zero-order valence-electron chi connectivity index (χ0n) is 14.5. The lowest BCUT2D eigenvalue weighted by atomic mass is 9.68. The maximum atomic E-state index is 6.11. The third-order valence-corrected chi connectivity index (χ3v) is 4.77.